The number of thiophene rings is 1. The Hall–Kier alpha value is -2.47. The smallest absolute Gasteiger partial charge is 0.264 e. The summed E-state index contributed by atoms with van der Waals surface area (Å²) in [5, 5.41) is 5.99. The molecule has 1 fully saturated rings. The van der Waals surface area contributed by atoms with Gasteiger partial charge >= 0.3 is 0 Å². The molecule has 0 bridgehead atoms. The van der Waals surface area contributed by atoms with Gasteiger partial charge in [0.25, 0.3) is 5.91 Å². The van der Waals surface area contributed by atoms with Crippen molar-refractivity contribution < 1.29 is 9.32 Å². The Bertz CT molecular complexity index is 829. The molecule has 3 heterocycles. The topological polar surface area (TPSA) is 59.2 Å². The van der Waals surface area contributed by atoms with Crippen LogP contribution in [0.5, 0.6) is 0 Å². The number of amides is 1. The molecule has 6 heteroatoms. The molecule has 1 aliphatic heterocycles. The minimum atomic E-state index is 0.0513. The fraction of sp³-hybridized carbons (Fsp3) is 0.278. The van der Waals surface area contributed by atoms with Crippen LogP contribution in [-0.2, 0) is 0 Å². The van der Waals surface area contributed by atoms with Gasteiger partial charge in [-0.25, -0.2) is 0 Å². The standard InChI is InChI=1S/C18H17N3O2S/c1-12-7-8-24-16(12)18(22)21-9-14(13-5-3-2-4-6-13)15(10-21)17-19-11-23-20-17/h2-8,11,14-15H,9-10H2,1H3. The zero-order valence-corrected chi connectivity index (χ0v) is 14.1. The van der Waals surface area contributed by atoms with Crippen LogP contribution < -0.4 is 0 Å². The molecule has 2 atom stereocenters. The van der Waals surface area contributed by atoms with E-state index in [1.165, 1.54) is 23.3 Å². The Kier molecular flexibility index (Phi) is 3.90. The van der Waals surface area contributed by atoms with Gasteiger partial charge in [0.05, 0.1) is 4.88 Å². The second-order valence-electron chi connectivity index (χ2n) is 6.06. The van der Waals surface area contributed by atoms with Gasteiger partial charge in [-0.3, -0.25) is 4.79 Å². The summed E-state index contributed by atoms with van der Waals surface area (Å²) in [7, 11) is 0. The molecular weight excluding hydrogens is 322 g/mol. The average molecular weight is 339 g/mol. The lowest BCUT2D eigenvalue weighted by Crippen LogP contribution is -2.28. The zero-order chi connectivity index (χ0) is 16.5. The first-order chi connectivity index (χ1) is 11.7. The number of carbonyl (C=O) groups excluding carboxylic acids is 1. The molecule has 122 valence electrons. The van der Waals surface area contributed by atoms with Crippen LogP contribution >= 0.6 is 11.3 Å². The van der Waals surface area contributed by atoms with Crippen molar-refractivity contribution in [3.05, 3.63) is 70.0 Å². The van der Waals surface area contributed by atoms with Crippen LogP contribution in [0.3, 0.4) is 0 Å². The number of aryl methyl sites for hydroxylation is 1. The predicted octanol–water partition coefficient (Wildman–Crippen LogP) is 3.46. The van der Waals surface area contributed by atoms with E-state index in [0.717, 1.165) is 10.4 Å². The highest BCUT2D eigenvalue weighted by atomic mass is 32.1. The summed E-state index contributed by atoms with van der Waals surface area (Å²) in [5.41, 5.74) is 2.23. The number of aromatic nitrogens is 2. The van der Waals surface area contributed by atoms with E-state index in [1.54, 1.807) is 0 Å². The lowest BCUT2D eigenvalue weighted by Gasteiger charge is -2.16. The number of hydrogen-bond acceptors (Lipinski definition) is 5. The summed E-state index contributed by atoms with van der Waals surface area (Å²) in [6.07, 6.45) is 1.35. The van der Waals surface area contributed by atoms with Crippen LogP contribution in [0.1, 0.15) is 38.5 Å². The second-order valence-corrected chi connectivity index (χ2v) is 6.97. The molecule has 0 radical (unpaired) electrons. The van der Waals surface area contributed by atoms with Crippen molar-refractivity contribution in [2.45, 2.75) is 18.8 Å². The molecule has 1 amide bonds. The van der Waals surface area contributed by atoms with E-state index >= 15 is 0 Å². The summed E-state index contributed by atoms with van der Waals surface area (Å²) in [6.45, 7) is 3.25. The normalized spacial score (nSPS) is 20.5. The van der Waals surface area contributed by atoms with Crippen LogP contribution in [0.25, 0.3) is 0 Å². The van der Waals surface area contributed by atoms with Gasteiger partial charge in [-0.1, -0.05) is 35.5 Å². The fourth-order valence-corrected chi connectivity index (χ4v) is 4.24. The van der Waals surface area contributed by atoms with Crippen molar-refractivity contribution >= 4 is 17.2 Å². The maximum absolute atomic E-state index is 12.9. The molecule has 1 aliphatic rings. The van der Waals surface area contributed by atoms with E-state index in [9.17, 15) is 4.79 Å². The number of carbonyl (C=O) groups is 1. The number of hydrogen-bond donors (Lipinski definition) is 0. The van der Waals surface area contributed by atoms with Gasteiger partial charge in [-0.2, -0.15) is 4.98 Å². The van der Waals surface area contributed by atoms with Crippen LogP contribution in [0, 0.1) is 6.92 Å². The average Bonchev–Trinajstić information content (AvgIpc) is 3.35. The van der Waals surface area contributed by atoms with Gasteiger partial charge in [0.1, 0.15) is 0 Å². The zero-order valence-electron chi connectivity index (χ0n) is 13.3. The van der Waals surface area contributed by atoms with E-state index < -0.39 is 0 Å². The molecule has 3 aromatic rings. The lowest BCUT2D eigenvalue weighted by atomic mass is 9.88. The third kappa shape index (κ3) is 2.63. The van der Waals surface area contributed by atoms with Crippen LogP contribution in [-0.4, -0.2) is 34.0 Å². The van der Waals surface area contributed by atoms with Crippen LogP contribution in [0.15, 0.2) is 52.7 Å². The highest BCUT2D eigenvalue weighted by Crippen LogP contribution is 2.39. The summed E-state index contributed by atoms with van der Waals surface area (Å²) in [6, 6.07) is 12.2. The van der Waals surface area contributed by atoms with Crippen molar-refractivity contribution in [1.29, 1.82) is 0 Å². The molecule has 5 nitrogen and oxygen atoms in total. The minimum Gasteiger partial charge on any atom is -0.343 e. The van der Waals surface area contributed by atoms with E-state index in [1.807, 2.05) is 41.5 Å². The third-order valence-electron chi connectivity index (χ3n) is 4.60. The SMILES string of the molecule is Cc1ccsc1C(=O)N1CC(c2ccccc2)C(c2ncon2)C1. The van der Waals surface area contributed by atoms with Gasteiger partial charge in [0, 0.05) is 24.9 Å². The van der Waals surface area contributed by atoms with Crippen molar-refractivity contribution in [3.63, 3.8) is 0 Å². The third-order valence-corrected chi connectivity index (χ3v) is 5.61. The molecular formula is C18H17N3O2S. The maximum Gasteiger partial charge on any atom is 0.264 e. The summed E-state index contributed by atoms with van der Waals surface area (Å²) in [4.78, 5) is 19.9. The molecule has 2 unspecified atom stereocenters. The summed E-state index contributed by atoms with van der Waals surface area (Å²) < 4.78 is 4.94. The predicted molar refractivity (Wildman–Crippen MR) is 91.2 cm³/mol. The van der Waals surface area contributed by atoms with Crippen LogP contribution in [0.4, 0.5) is 0 Å². The molecule has 24 heavy (non-hydrogen) atoms. The number of rotatable bonds is 3. The van der Waals surface area contributed by atoms with E-state index in [-0.39, 0.29) is 17.7 Å². The Balaban J connectivity index is 1.66. The van der Waals surface area contributed by atoms with Crippen LogP contribution in [0.2, 0.25) is 0 Å². The molecule has 2 aromatic heterocycles. The Morgan fingerprint density at radius 3 is 2.67 bits per heavy atom. The second kappa shape index (κ2) is 6.20. The molecule has 1 aromatic carbocycles. The maximum atomic E-state index is 12.9. The Morgan fingerprint density at radius 1 is 1.21 bits per heavy atom. The first-order valence-corrected chi connectivity index (χ1v) is 8.76. The van der Waals surface area contributed by atoms with Crippen molar-refractivity contribution in [2.24, 2.45) is 0 Å². The van der Waals surface area contributed by atoms with Crippen molar-refractivity contribution in [2.75, 3.05) is 13.1 Å². The highest BCUT2D eigenvalue weighted by Gasteiger charge is 2.39. The van der Waals surface area contributed by atoms with Crippen molar-refractivity contribution in [3.8, 4) is 0 Å². The fourth-order valence-electron chi connectivity index (χ4n) is 3.35. The monoisotopic (exact) mass is 339 g/mol. The van der Waals surface area contributed by atoms with Gasteiger partial charge in [0.2, 0.25) is 6.39 Å². The Labute approximate surface area is 143 Å². The molecule has 0 N–H and O–H groups in total. The molecule has 0 aliphatic carbocycles. The molecule has 0 spiro atoms. The quantitative estimate of drug-likeness (QED) is 0.733. The van der Waals surface area contributed by atoms with Crippen molar-refractivity contribution in [1.82, 2.24) is 15.0 Å². The Morgan fingerprint density at radius 2 is 2.00 bits per heavy atom. The minimum absolute atomic E-state index is 0.0513. The molecule has 1 saturated heterocycles. The molecule has 4 rings (SSSR count). The first kappa shape index (κ1) is 15.1. The number of nitrogens with zero attached hydrogens (tertiary/aromatic N) is 3. The highest BCUT2D eigenvalue weighted by molar-refractivity contribution is 7.12. The lowest BCUT2D eigenvalue weighted by molar-refractivity contribution is 0.0793. The molecule has 0 saturated carbocycles. The summed E-state index contributed by atoms with van der Waals surface area (Å²) in [5.74, 6) is 0.986. The van der Waals surface area contributed by atoms with Gasteiger partial charge in [-0.05, 0) is 29.5 Å². The van der Waals surface area contributed by atoms with E-state index in [4.69, 9.17) is 4.52 Å². The number of benzene rings is 1. The van der Waals surface area contributed by atoms with E-state index in [2.05, 4.69) is 22.3 Å². The number of likely N-dealkylation sites (tertiary alicyclic amines) is 1. The largest absolute Gasteiger partial charge is 0.343 e. The van der Waals surface area contributed by atoms with Gasteiger partial charge < -0.3 is 9.42 Å². The first-order valence-electron chi connectivity index (χ1n) is 7.88. The van der Waals surface area contributed by atoms with Gasteiger partial charge in [-0.15, -0.1) is 11.3 Å². The van der Waals surface area contributed by atoms with Gasteiger partial charge in [0.15, 0.2) is 5.82 Å². The van der Waals surface area contributed by atoms with E-state index in [0.29, 0.717) is 18.9 Å². The summed E-state index contributed by atoms with van der Waals surface area (Å²) >= 11 is 1.50.